The van der Waals surface area contributed by atoms with Gasteiger partial charge in [-0.05, 0) is 12.1 Å². The topological polar surface area (TPSA) is 117 Å². The van der Waals surface area contributed by atoms with Gasteiger partial charge in [0.25, 0.3) is 11.8 Å². The largest absolute Gasteiger partial charge is 0.348 e. The van der Waals surface area contributed by atoms with Gasteiger partial charge < -0.3 is 9.47 Å². The minimum Gasteiger partial charge on any atom is -0.348 e. The van der Waals surface area contributed by atoms with Crippen LogP contribution in [0.3, 0.4) is 0 Å². The number of nitro groups is 1. The summed E-state index contributed by atoms with van der Waals surface area (Å²) in [5, 5.41) is 14.5. The fraction of sp³-hybridized carbons (Fsp3) is 0.312. The minimum absolute atomic E-state index is 0.121. The van der Waals surface area contributed by atoms with E-state index in [1.54, 1.807) is 24.3 Å². The molecule has 4 rings (SSSR count). The van der Waals surface area contributed by atoms with Crippen molar-refractivity contribution in [3.8, 4) is 0 Å². The van der Waals surface area contributed by atoms with Gasteiger partial charge in [0.1, 0.15) is 12.4 Å². The van der Waals surface area contributed by atoms with Gasteiger partial charge in [-0.15, -0.1) is 0 Å². The summed E-state index contributed by atoms with van der Waals surface area (Å²) in [6.07, 6.45) is 1.76. The number of imide groups is 1. The second-order valence-electron chi connectivity index (χ2n) is 5.95. The average molecular weight is 358 g/mol. The van der Waals surface area contributed by atoms with Crippen LogP contribution in [0.5, 0.6) is 0 Å². The van der Waals surface area contributed by atoms with Crippen LogP contribution in [-0.2, 0) is 16.0 Å². The number of aromatic nitrogens is 2. The van der Waals surface area contributed by atoms with E-state index in [0.717, 1.165) is 6.20 Å². The van der Waals surface area contributed by atoms with E-state index in [-0.39, 0.29) is 37.3 Å². The molecule has 2 aliphatic rings. The first-order valence-corrected chi connectivity index (χ1v) is 7.91. The zero-order valence-corrected chi connectivity index (χ0v) is 13.5. The molecule has 2 aromatic rings. The third-order valence-electron chi connectivity index (χ3n) is 4.31. The molecule has 0 N–H and O–H groups in total. The number of ether oxygens (including phenoxy) is 2. The predicted molar refractivity (Wildman–Crippen MR) is 85.3 cm³/mol. The highest BCUT2D eigenvalue weighted by atomic mass is 16.7. The summed E-state index contributed by atoms with van der Waals surface area (Å²) in [6.45, 7) is 0.418. The van der Waals surface area contributed by atoms with E-state index in [2.05, 4.69) is 5.10 Å². The number of hydrogen-bond acceptors (Lipinski definition) is 7. The van der Waals surface area contributed by atoms with Gasteiger partial charge >= 0.3 is 5.69 Å². The van der Waals surface area contributed by atoms with Crippen molar-refractivity contribution in [3.05, 3.63) is 57.9 Å². The Bertz CT molecular complexity index is 851. The molecule has 3 heterocycles. The van der Waals surface area contributed by atoms with Crippen molar-refractivity contribution in [2.75, 3.05) is 13.2 Å². The Kier molecular flexibility index (Phi) is 3.98. The van der Waals surface area contributed by atoms with E-state index in [4.69, 9.17) is 9.47 Å². The first-order valence-electron chi connectivity index (χ1n) is 7.91. The Morgan fingerprint density at radius 2 is 1.77 bits per heavy atom. The van der Waals surface area contributed by atoms with Crippen LogP contribution in [-0.4, -0.2) is 57.0 Å². The van der Waals surface area contributed by atoms with E-state index < -0.39 is 17.3 Å². The SMILES string of the molecule is O=C1c2ccccc2C(=O)N1C1COC(Cn2cc([N+](=O)[O-])cn2)OC1. The van der Waals surface area contributed by atoms with Gasteiger partial charge in [0, 0.05) is 0 Å². The molecule has 0 radical (unpaired) electrons. The van der Waals surface area contributed by atoms with Crippen molar-refractivity contribution in [2.24, 2.45) is 0 Å². The smallest absolute Gasteiger partial charge is 0.306 e. The molecule has 0 aliphatic carbocycles. The lowest BCUT2D eigenvalue weighted by molar-refractivity contribution is -0.385. The van der Waals surface area contributed by atoms with Crippen molar-refractivity contribution >= 4 is 17.5 Å². The van der Waals surface area contributed by atoms with Crippen LogP contribution in [0, 0.1) is 10.1 Å². The summed E-state index contributed by atoms with van der Waals surface area (Å²) >= 11 is 0. The third-order valence-corrected chi connectivity index (χ3v) is 4.31. The Hall–Kier alpha value is -3.11. The lowest BCUT2D eigenvalue weighted by Gasteiger charge is -2.33. The van der Waals surface area contributed by atoms with Crippen molar-refractivity contribution in [1.82, 2.24) is 14.7 Å². The quantitative estimate of drug-likeness (QED) is 0.451. The fourth-order valence-corrected chi connectivity index (χ4v) is 3.03. The van der Waals surface area contributed by atoms with Gasteiger partial charge in [0.2, 0.25) is 0 Å². The number of rotatable bonds is 4. The molecule has 0 saturated carbocycles. The molecule has 2 amide bonds. The van der Waals surface area contributed by atoms with Gasteiger partial charge in [-0.1, -0.05) is 12.1 Å². The lowest BCUT2D eigenvalue weighted by Crippen LogP contribution is -2.50. The van der Waals surface area contributed by atoms with Crippen LogP contribution in [0.4, 0.5) is 5.69 Å². The van der Waals surface area contributed by atoms with Crippen molar-refractivity contribution in [3.63, 3.8) is 0 Å². The molecule has 1 aromatic heterocycles. The van der Waals surface area contributed by atoms with E-state index in [0.29, 0.717) is 11.1 Å². The van der Waals surface area contributed by atoms with Crippen molar-refractivity contribution in [1.29, 1.82) is 0 Å². The maximum atomic E-state index is 12.5. The van der Waals surface area contributed by atoms with Gasteiger partial charge in [0.05, 0.1) is 41.9 Å². The first kappa shape index (κ1) is 16.4. The van der Waals surface area contributed by atoms with Crippen molar-refractivity contribution < 1.29 is 24.0 Å². The first-order chi connectivity index (χ1) is 12.5. The molecule has 0 atom stereocenters. The second-order valence-corrected chi connectivity index (χ2v) is 5.95. The second kappa shape index (κ2) is 6.32. The summed E-state index contributed by atoms with van der Waals surface area (Å²) in [6, 6.07) is 6.13. The highest BCUT2D eigenvalue weighted by Gasteiger charge is 2.41. The third kappa shape index (κ3) is 2.74. The standard InChI is InChI=1S/C16H14N4O6/c21-15-12-3-1-2-4-13(12)16(22)19(15)11-8-25-14(26-9-11)7-18-6-10(5-17-18)20(23)24/h1-6,11,14H,7-9H2. The Labute approximate surface area is 147 Å². The van der Waals surface area contributed by atoms with Crippen molar-refractivity contribution in [2.45, 2.75) is 18.9 Å². The van der Waals surface area contributed by atoms with E-state index in [9.17, 15) is 19.7 Å². The summed E-state index contributed by atoms with van der Waals surface area (Å²) in [5.41, 5.74) is 0.636. The molecular weight excluding hydrogens is 344 g/mol. The molecule has 134 valence electrons. The average Bonchev–Trinajstić information content (AvgIpc) is 3.20. The van der Waals surface area contributed by atoms with E-state index in [1.807, 2.05) is 0 Å². The summed E-state index contributed by atoms with van der Waals surface area (Å²) in [7, 11) is 0. The van der Waals surface area contributed by atoms with Gasteiger partial charge in [-0.2, -0.15) is 5.10 Å². The Morgan fingerprint density at radius 3 is 2.31 bits per heavy atom. The number of benzene rings is 1. The maximum Gasteiger partial charge on any atom is 0.306 e. The lowest BCUT2D eigenvalue weighted by atomic mass is 10.1. The van der Waals surface area contributed by atoms with Crippen LogP contribution in [0.2, 0.25) is 0 Å². The summed E-state index contributed by atoms with van der Waals surface area (Å²) in [4.78, 5) is 36.2. The number of hydrogen-bond donors (Lipinski definition) is 0. The molecule has 1 aromatic carbocycles. The highest BCUT2D eigenvalue weighted by Crippen LogP contribution is 2.26. The molecule has 0 unspecified atom stereocenters. The summed E-state index contributed by atoms with van der Waals surface area (Å²) < 4.78 is 12.5. The number of nitrogens with zero attached hydrogens (tertiary/aromatic N) is 4. The highest BCUT2D eigenvalue weighted by molar-refractivity contribution is 6.21. The number of fused-ring (bicyclic) bond motifs is 1. The number of carbonyl (C=O) groups is 2. The van der Waals surface area contributed by atoms with Crippen LogP contribution in [0.15, 0.2) is 36.7 Å². The molecule has 1 saturated heterocycles. The molecule has 10 nitrogen and oxygen atoms in total. The Balaban J connectivity index is 1.39. The van der Waals surface area contributed by atoms with Gasteiger partial charge in [-0.25, -0.2) is 0 Å². The summed E-state index contributed by atoms with van der Waals surface area (Å²) in [5.74, 6) is -0.715. The predicted octanol–water partition coefficient (Wildman–Crippen LogP) is 0.829. The Morgan fingerprint density at radius 1 is 1.15 bits per heavy atom. The van der Waals surface area contributed by atoms with Crippen LogP contribution < -0.4 is 0 Å². The molecule has 0 spiro atoms. The maximum absolute atomic E-state index is 12.5. The van der Waals surface area contributed by atoms with E-state index in [1.165, 1.54) is 15.8 Å². The fourth-order valence-electron chi connectivity index (χ4n) is 3.03. The van der Waals surface area contributed by atoms with Crippen LogP contribution in [0.25, 0.3) is 0 Å². The molecule has 1 fully saturated rings. The van der Waals surface area contributed by atoms with Gasteiger partial charge in [-0.3, -0.25) is 29.3 Å². The molecule has 0 bridgehead atoms. The zero-order valence-electron chi connectivity index (χ0n) is 13.5. The van der Waals surface area contributed by atoms with Gasteiger partial charge in [0.15, 0.2) is 6.29 Å². The molecule has 10 heteroatoms. The molecular formula is C16H14N4O6. The normalized spacial score (nSPS) is 22.5. The van der Waals surface area contributed by atoms with Crippen LogP contribution in [0.1, 0.15) is 20.7 Å². The monoisotopic (exact) mass is 358 g/mol. The molecule has 2 aliphatic heterocycles. The number of amides is 2. The zero-order chi connectivity index (χ0) is 18.3. The minimum atomic E-state index is -0.666. The molecule has 26 heavy (non-hydrogen) atoms. The number of carbonyl (C=O) groups excluding carboxylic acids is 2. The van der Waals surface area contributed by atoms with E-state index >= 15 is 0 Å². The van der Waals surface area contributed by atoms with Crippen LogP contribution >= 0.6 is 0 Å².